The van der Waals surface area contributed by atoms with Crippen molar-refractivity contribution in [1.82, 2.24) is 20.2 Å². The molecule has 4 aromatic rings. The highest BCUT2D eigenvalue weighted by molar-refractivity contribution is 7.99. The zero-order chi connectivity index (χ0) is 18.4. The summed E-state index contributed by atoms with van der Waals surface area (Å²) in [5.74, 6) is 0.730. The van der Waals surface area contributed by atoms with E-state index in [1.54, 1.807) is 11.8 Å². The van der Waals surface area contributed by atoms with E-state index >= 15 is 0 Å². The Morgan fingerprint density at radius 1 is 1.04 bits per heavy atom. The van der Waals surface area contributed by atoms with Gasteiger partial charge < -0.3 is 4.98 Å². The maximum atomic E-state index is 4.98. The molecule has 0 fully saturated rings. The van der Waals surface area contributed by atoms with Gasteiger partial charge in [-0.15, -0.1) is 10.2 Å². The topological polar surface area (TPSA) is 66.8 Å². The predicted molar refractivity (Wildman–Crippen MR) is 111 cm³/mol. The molecule has 1 aliphatic rings. The molecule has 3 heterocycles. The summed E-state index contributed by atoms with van der Waals surface area (Å²) in [4.78, 5) is 13.0. The van der Waals surface area contributed by atoms with Crippen LogP contribution in [-0.4, -0.2) is 37.2 Å². The molecule has 2 aromatic heterocycles. The second kappa shape index (κ2) is 6.16. The van der Waals surface area contributed by atoms with Gasteiger partial charge in [0.15, 0.2) is 5.65 Å². The molecule has 2 aromatic carbocycles. The summed E-state index contributed by atoms with van der Waals surface area (Å²) >= 11 is 1.58. The van der Waals surface area contributed by atoms with E-state index in [-0.39, 0.29) is 5.54 Å². The first-order valence-corrected chi connectivity index (χ1v) is 9.99. The third-order valence-electron chi connectivity index (χ3n) is 4.83. The smallest absolute Gasteiger partial charge is 0.211 e. The van der Waals surface area contributed by atoms with E-state index in [0.29, 0.717) is 5.16 Å². The fourth-order valence-corrected chi connectivity index (χ4v) is 4.44. The molecule has 5 rings (SSSR count). The summed E-state index contributed by atoms with van der Waals surface area (Å²) in [5, 5.41) is 10.5. The molecule has 0 bridgehead atoms. The van der Waals surface area contributed by atoms with E-state index < -0.39 is 0 Å². The van der Waals surface area contributed by atoms with Crippen molar-refractivity contribution in [2.24, 2.45) is 4.99 Å². The van der Waals surface area contributed by atoms with Crippen LogP contribution in [0.3, 0.4) is 0 Å². The molecule has 0 saturated heterocycles. The Hall–Kier alpha value is -2.73. The minimum atomic E-state index is -0.0789. The molecule has 0 amide bonds. The van der Waals surface area contributed by atoms with Crippen molar-refractivity contribution in [3.05, 3.63) is 59.7 Å². The number of aromatic amines is 1. The number of rotatable bonds is 3. The van der Waals surface area contributed by atoms with Crippen molar-refractivity contribution in [3.63, 3.8) is 0 Å². The number of nitrogens with one attached hydrogen (secondary N) is 1. The first-order chi connectivity index (χ1) is 13.1. The molecular weight excluding hydrogens is 354 g/mol. The molecule has 5 nitrogen and oxygen atoms in total. The van der Waals surface area contributed by atoms with Crippen molar-refractivity contribution < 1.29 is 0 Å². The lowest BCUT2D eigenvalue weighted by molar-refractivity contribution is 0.513. The molecule has 27 heavy (non-hydrogen) atoms. The average Bonchev–Trinajstić information content (AvgIpc) is 3.03. The van der Waals surface area contributed by atoms with Crippen LogP contribution in [0, 0.1) is 0 Å². The van der Waals surface area contributed by atoms with Gasteiger partial charge in [0.2, 0.25) is 5.16 Å². The zero-order valence-corrected chi connectivity index (χ0v) is 16.0. The molecule has 0 atom stereocenters. The van der Waals surface area contributed by atoms with Crippen LogP contribution in [0.4, 0.5) is 0 Å². The van der Waals surface area contributed by atoms with Crippen LogP contribution in [0.25, 0.3) is 22.1 Å². The Bertz CT molecular complexity index is 1190. The van der Waals surface area contributed by atoms with E-state index in [0.717, 1.165) is 40.0 Å². The first kappa shape index (κ1) is 16.4. The minimum absolute atomic E-state index is 0.0789. The number of aromatic nitrogens is 4. The van der Waals surface area contributed by atoms with Crippen LogP contribution in [0.5, 0.6) is 0 Å². The van der Waals surface area contributed by atoms with Gasteiger partial charge in [-0.2, -0.15) is 0 Å². The van der Waals surface area contributed by atoms with Gasteiger partial charge in [0.05, 0.1) is 11.3 Å². The second-order valence-corrected chi connectivity index (χ2v) is 8.40. The molecule has 0 spiro atoms. The van der Waals surface area contributed by atoms with E-state index in [2.05, 4.69) is 58.3 Å². The van der Waals surface area contributed by atoms with Crippen molar-refractivity contribution in [3.8, 4) is 0 Å². The molecular formula is C21H19N5S. The summed E-state index contributed by atoms with van der Waals surface area (Å²) in [7, 11) is 0. The van der Waals surface area contributed by atoms with Gasteiger partial charge in [0.25, 0.3) is 0 Å². The number of aliphatic imine (C=N–C) groups is 1. The second-order valence-electron chi connectivity index (χ2n) is 7.46. The van der Waals surface area contributed by atoms with Crippen molar-refractivity contribution in [2.75, 3.05) is 5.75 Å². The monoisotopic (exact) mass is 373 g/mol. The van der Waals surface area contributed by atoms with Gasteiger partial charge in [0.1, 0.15) is 5.52 Å². The largest absolute Gasteiger partial charge is 0.338 e. The maximum Gasteiger partial charge on any atom is 0.211 e. The lowest BCUT2D eigenvalue weighted by atomic mass is 9.87. The molecule has 0 unspecified atom stereocenters. The lowest BCUT2D eigenvalue weighted by Gasteiger charge is -2.28. The highest BCUT2D eigenvalue weighted by Crippen LogP contribution is 2.29. The number of H-pyrrole nitrogens is 1. The van der Waals surface area contributed by atoms with Crippen LogP contribution >= 0.6 is 11.8 Å². The van der Waals surface area contributed by atoms with Crippen molar-refractivity contribution in [2.45, 2.75) is 31.0 Å². The zero-order valence-electron chi connectivity index (χ0n) is 15.2. The number of benzene rings is 2. The predicted octanol–water partition coefficient (Wildman–Crippen LogP) is 4.42. The Morgan fingerprint density at radius 3 is 2.78 bits per heavy atom. The SMILES string of the molecule is CC1(C)Cc2ccccc2C(CSc2nnc3c(n2)[nH]c2ccccc23)=N1. The quantitative estimate of drug-likeness (QED) is 0.540. The van der Waals surface area contributed by atoms with Gasteiger partial charge in [0, 0.05) is 16.7 Å². The van der Waals surface area contributed by atoms with Gasteiger partial charge in [-0.25, -0.2) is 4.98 Å². The summed E-state index contributed by atoms with van der Waals surface area (Å²) in [6.45, 7) is 4.37. The number of thioether (sulfide) groups is 1. The normalized spacial score (nSPS) is 15.7. The lowest BCUT2D eigenvalue weighted by Crippen LogP contribution is -2.29. The summed E-state index contributed by atoms with van der Waals surface area (Å²) < 4.78 is 0. The molecule has 0 saturated carbocycles. The van der Waals surface area contributed by atoms with Gasteiger partial charge in [-0.3, -0.25) is 4.99 Å². The molecule has 0 radical (unpaired) electrons. The Balaban J connectivity index is 1.45. The fourth-order valence-electron chi connectivity index (χ4n) is 3.70. The molecule has 134 valence electrons. The minimum Gasteiger partial charge on any atom is -0.338 e. The number of fused-ring (bicyclic) bond motifs is 4. The van der Waals surface area contributed by atoms with Crippen LogP contribution in [0.15, 0.2) is 58.7 Å². The van der Waals surface area contributed by atoms with E-state index in [9.17, 15) is 0 Å². The van der Waals surface area contributed by atoms with Crippen LogP contribution in [0.2, 0.25) is 0 Å². The Labute approximate surface area is 161 Å². The summed E-state index contributed by atoms with van der Waals surface area (Å²) in [6.07, 6.45) is 0.969. The molecule has 1 aliphatic heterocycles. The van der Waals surface area contributed by atoms with E-state index in [4.69, 9.17) is 4.99 Å². The summed E-state index contributed by atoms with van der Waals surface area (Å²) in [6, 6.07) is 16.6. The first-order valence-electron chi connectivity index (χ1n) is 9.00. The van der Waals surface area contributed by atoms with E-state index in [1.165, 1.54) is 11.1 Å². The van der Waals surface area contributed by atoms with Crippen LogP contribution < -0.4 is 0 Å². The fraction of sp³-hybridized carbons (Fsp3) is 0.238. The average molecular weight is 373 g/mol. The summed E-state index contributed by atoms with van der Waals surface area (Å²) in [5.41, 5.74) is 6.25. The maximum absolute atomic E-state index is 4.98. The molecule has 6 heteroatoms. The number of nitrogens with zero attached hydrogens (tertiary/aromatic N) is 4. The Kier molecular flexibility index (Phi) is 3.75. The highest BCUT2D eigenvalue weighted by atomic mass is 32.2. The number of para-hydroxylation sites is 1. The Morgan fingerprint density at radius 2 is 1.85 bits per heavy atom. The van der Waals surface area contributed by atoms with Gasteiger partial charge in [-0.1, -0.05) is 54.2 Å². The third kappa shape index (κ3) is 3.00. The van der Waals surface area contributed by atoms with E-state index in [1.807, 2.05) is 24.3 Å². The third-order valence-corrected chi connectivity index (χ3v) is 5.68. The molecule has 0 aliphatic carbocycles. The number of hydrogen-bond acceptors (Lipinski definition) is 5. The standard InChI is InChI=1S/C21H19N5S/c1-21(2)11-13-7-3-4-8-14(13)17(24-21)12-27-20-23-19-18(25-26-20)15-9-5-6-10-16(15)22-19/h3-10H,11-12H2,1-2H3,(H,22,23,26). The van der Waals surface area contributed by atoms with Crippen LogP contribution in [0.1, 0.15) is 25.0 Å². The molecule has 1 N–H and O–H groups in total. The van der Waals surface area contributed by atoms with Gasteiger partial charge >= 0.3 is 0 Å². The van der Waals surface area contributed by atoms with Crippen LogP contribution in [-0.2, 0) is 6.42 Å². The van der Waals surface area contributed by atoms with Crippen molar-refractivity contribution in [1.29, 1.82) is 0 Å². The van der Waals surface area contributed by atoms with Crippen molar-refractivity contribution >= 4 is 39.5 Å². The van der Waals surface area contributed by atoms with Gasteiger partial charge in [-0.05, 0) is 37.5 Å². The number of hydrogen-bond donors (Lipinski definition) is 1. The highest BCUT2D eigenvalue weighted by Gasteiger charge is 2.26.